The molecule has 100 valence electrons. The molecule has 0 aliphatic heterocycles. The number of aliphatic carboxylic acids is 1. The summed E-state index contributed by atoms with van der Waals surface area (Å²) in [6.07, 6.45) is 0.0113. The lowest BCUT2D eigenvalue weighted by atomic mass is 10.3. The van der Waals surface area contributed by atoms with Crippen molar-refractivity contribution in [2.45, 2.75) is 18.2 Å². The molecule has 0 spiro atoms. The van der Waals surface area contributed by atoms with Crippen LogP contribution in [0.15, 0.2) is 29.2 Å². The van der Waals surface area contributed by atoms with Crippen LogP contribution in [0.3, 0.4) is 0 Å². The zero-order valence-corrected chi connectivity index (χ0v) is 10.8. The van der Waals surface area contributed by atoms with E-state index in [4.69, 9.17) is 5.11 Å². The summed E-state index contributed by atoms with van der Waals surface area (Å²) in [6.45, 7) is 2.34. The van der Waals surface area contributed by atoms with E-state index in [1.54, 1.807) is 19.1 Å². The van der Waals surface area contributed by atoms with Crippen LogP contribution in [-0.2, 0) is 14.8 Å². The first kappa shape index (κ1) is 14.5. The van der Waals surface area contributed by atoms with Gasteiger partial charge in [0.05, 0.1) is 11.3 Å². The molecule has 7 heteroatoms. The van der Waals surface area contributed by atoms with Crippen LogP contribution in [0.25, 0.3) is 0 Å². The maximum atomic E-state index is 11.6. The Hall–Kier alpha value is -1.60. The summed E-state index contributed by atoms with van der Waals surface area (Å²) in [5, 5.41) is 11.4. The highest BCUT2D eigenvalue weighted by Gasteiger charge is 2.11. The molecule has 0 bridgehead atoms. The van der Waals surface area contributed by atoms with Crippen molar-refractivity contribution in [3.8, 4) is 0 Å². The molecule has 0 aromatic heterocycles. The van der Waals surface area contributed by atoms with Crippen LogP contribution in [0.1, 0.15) is 13.3 Å². The molecule has 18 heavy (non-hydrogen) atoms. The highest BCUT2D eigenvalue weighted by molar-refractivity contribution is 7.89. The first-order valence-electron chi connectivity index (χ1n) is 5.51. The van der Waals surface area contributed by atoms with Crippen molar-refractivity contribution in [1.82, 2.24) is 4.72 Å². The number of anilines is 1. The summed E-state index contributed by atoms with van der Waals surface area (Å²) in [7, 11) is -3.43. The quantitative estimate of drug-likeness (QED) is 0.684. The van der Waals surface area contributed by atoms with Crippen molar-refractivity contribution < 1.29 is 18.3 Å². The number of hydrogen-bond donors (Lipinski definition) is 3. The highest BCUT2D eigenvalue weighted by atomic mass is 32.2. The Bertz CT molecular complexity index is 496. The van der Waals surface area contributed by atoms with Gasteiger partial charge < -0.3 is 10.4 Å². The Morgan fingerprint density at radius 2 is 1.89 bits per heavy atom. The molecule has 0 amide bonds. The second-order valence-corrected chi connectivity index (χ2v) is 5.36. The van der Waals surface area contributed by atoms with Gasteiger partial charge in [-0.25, -0.2) is 13.1 Å². The van der Waals surface area contributed by atoms with Gasteiger partial charge in [0.25, 0.3) is 0 Å². The van der Waals surface area contributed by atoms with E-state index in [0.717, 1.165) is 0 Å². The van der Waals surface area contributed by atoms with Gasteiger partial charge in [0, 0.05) is 18.8 Å². The van der Waals surface area contributed by atoms with Crippen LogP contribution in [0.4, 0.5) is 5.69 Å². The predicted molar refractivity (Wildman–Crippen MR) is 68.0 cm³/mol. The number of benzene rings is 1. The fraction of sp³-hybridized carbons (Fsp3) is 0.364. The van der Waals surface area contributed by atoms with E-state index in [-0.39, 0.29) is 11.3 Å². The Morgan fingerprint density at radius 3 is 2.39 bits per heavy atom. The van der Waals surface area contributed by atoms with E-state index in [2.05, 4.69) is 10.0 Å². The molecule has 0 aliphatic carbocycles. The predicted octanol–water partition coefficient (Wildman–Crippen LogP) is 0.871. The largest absolute Gasteiger partial charge is 0.481 e. The van der Waals surface area contributed by atoms with E-state index < -0.39 is 16.0 Å². The molecule has 1 aromatic rings. The first-order valence-corrected chi connectivity index (χ1v) is 6.99. The second-order valence-electron chi connectivity index (χ2n) is 3.60. The molecule has 1 rings (SSSR count). The second kappa shape index (κ2) is 6.36. The lowest BCUT2D eigenvalue weighted by Gasteiger charge is -2.07. The van der Waals surface area contributed by atoms with Crippen molar-refractivity contribution in [3.05, 3.63) is 24.3 Å². The minimum Gasteiger partial charge on any atom is -0.481 e. The minimum absolute atomic E-state index is 0.0113. The molecular weight excluding hydrogens is 256 g/mol. The number of carboxylic acid groups (broad SMARTS) is 1. The fourth-order valence-corrected chi connectivity index (χ4v) is 2.38. The van der Waals surface area contributed by atoms with Crippen molar-refractivity contribution in [3.63, 3.8) is 0 Å². The van der Waals surface area contributed by atoms with Crippen LogP contribution < -0.4 is 10.0 Å². The highest BCUT2D eigenvalue weighted by Crippen LogP contribution is 2.13. The Labute approximate surface area is 106 Å². The molecule has 0 atom stereocenters. The van der Waals surface area contributed by atoms with E-state index in [1.807, 2.05) is 0 Å². The van der Waals surface area contributed by atoms with E-state index in [9.17, 15) is 13.2 Å². The van der Waals surface area contributed by atoms with Crippen LogP contribution in [0, 0.1) is 0 Å². The molecule has 0 radical (unpaired) electrons. The van der Waals surface area contributed by atoms with Crippen molar-refractivity contribution in [2.75, 3.05) is 18.4 Å². The van der Waals surface area contributed by atoms with Crippen LogP contribution in [0.5, 0.6) is 0 Å². The summed E-state index contributed by atoms with van der Waals surface area (Å²) >= 11 is 0. The lowest BCUT2D eigenvalue weighted by molar-refractivity contribution is -0.136. The van der Waals surface area contributed by atoms with Crippen molar-refractivity contribution >= 4 is 21.7 Å². The normalized spacial score (nSPS) is 11.2. The molecule has 0 unspecified atom stereocenters. The summed E-state index contributed by atoms with van der Waals surface area (Å²) < 4.78 is 25.7. The summed E-state index contributed by atoms with van der Waals surface area (Å²) in [5.74, 6) is -0.881. The number of rotatable bonds is 7. The lowest BCUT2D eigenvalue weighted by Crippen LogP contribution is -2.23. The molecular formula is C11H16N2O4S. The van der Waals surface area contributed by atoms with E-state index >= 15 is 0 Å². The Morgan fingerprint density at radius 1 is 1.28 bits per heavy atom. The fourth-order valence-electron chi connectivity index (χ4n) is 1.34. The number of carbonyl (C=O) groups is 1. The monoisotopic (exact) mass is 272 g/mol. The van der Waals surface area contributed by atoms with Gasteiger partial charge in [-0.1, -0.05) is 6.92 Å². The van der Waals surface area contributed by atoms with Crippen LogP contribution in [0.2, 0.25) is 0 Å². The molecule has 1 aromatic carbocycles. The van der Waals surface area contributed by atoms with Gasteiger partial charge in [0.1, 0.15) is 0 Å². The van der Waals surface area contributed by atoms with E-state index in [0.29, 0.717) is 18.8 Å². The van der Waals surface area contributed by atoms with Gasteiger partial charge in [-0.3, -0.25) is 4.79 Å². The zero-order chi connectivity index (χ0) is 13.6. The molecule has 0 saturated carbocycles. The van der Waals surface area contributed by atoms with Gasteiger partial charge in [0.2, 0.25) is 10.0 Å². The maximum Gasteiger partial charge on any atom is 0.305 e. The van der Waals surface area contributed by atoms with E-state index in [1.165, 1.54) is 12.1 Å². The zero-order valence-electron chi connectivity index (χ0n) is 10.0. The van der Waals surface area contributed by atoms with Crippen molar-refractivity contribution in [1.29, 1.82) is 0 Å². The third-order valence-electron chi connectivity index (χ3n) is 2.17. The first-order chi connectivity index (χ1) is 8.45. The van der Waals surface area contributed by atoms with Crippen molar-refractivity contribution in [2.24, 2.45) is 0 Å². The Balaban J connectivity index is 2.65. The number of carboxylic acids is 1. The van der Waals surface area contributed by atoms with Gasteiger partial charge in [-0.05, 0) is 24.3 Å². The minimum atomic E-state index is -3.43. The average molecular weight is 272 g/mol. The smallest absolute Gasteiger partial charge is 0.305 e. The van der Waals surface area contributed by atoms with Gasteiger partial charge >= 0.3 is 5.97 Å². The molecule has 0 fully saturated rings. The number of sulfonamides is 1. The van der Waals surface area contributed by atoms with Gasteiger partial charge in [-0.15, -0.1) is 0 Å². The van der Waals surface area contributed by atoms with Crippen LogP contribution >= 0.6 is 0 Å². The summed E-state index contributed by atoms with van der Waals surface area (Å²) in [4.78, 5) is 10.5. The molecule has 0 aliphatic rings. The topological polar surface area (TPSA) is 95.5 Å². The standard InChI is InChI=1S/C11H16N2O4S/c1-2-13-18(16,17)10-5-3-9(4-6-10)12-8-7-11(14)15/h3-6,12-13H,2,7-8H2,1H3,(H,14,15). The SMILES string of the molecule is CCNS(=O)(=O)c1ccc(NCCC(=O)O)cc1. The van der Waals surface area contributed by atoms with Crippen LogP contribution in [-0.4, -0.2) is 32.6 Å². The average Bonchev–Trinajstić information content (AvgIpc) is 2.29. The number of hydrogen-bond acceptors (Lipinski definition) is 4. The molecule has 6 nitrogen and oxygen atoms in total. The number of nitrogens with one attached hydrogen (secondary N) is 2. The molecule has 3 N–H and O–H groups in total. The summed E-state index contributed by atoms with van der Waals surface area (Å²) in [6, 6.07) is 6.15. The Kier molecular flexibility index (Phi) is 5.11. The third kappa shape index (κ3) is 4.34. The molecule has 0 saturated heterocycles. The van der Waals surface area contributed by atoms with Gasteiger partial charge in [0.15, 0.2) is 0 Å². The molecule has 0 heterocycles. The van der Waals surface area contributed by atoms with Gasteiger partial charge in [-0.2, -0.15) is 0 Å². The summed E-state index contributed by atoms with van der Waals surface area (Å²) in [5.41, 5.74) is 0.687. The third-order valence-corrected chi connectivity index (χ3v) is 3.73. The maximum absolute atomic E-state index is 11.6.